The quantitative estimate of drug-likeness (QED) is 0.0142. The number of carbonyl (C=O) groups excluding carboxylic acids is 4. The van der Waals surface area contributed by atoms with Gasteiger partial charge in [0.2, 0.25) is 23.1 Å². The Morgan fingerprint density at radius 2 is 1.26 bits per heavy atom. The highest BCUT2D eigenvalue weighted by Gasteiger charge is 2.61. The first-order chi connectivity index (χ1) is 61.9. The number of hydrogen-bond acceptors (Lipinski definition) is 22. The summed E-state index contributed by atoms with van der Waals surface area (Å²) in [5.41, 5.74) is 11.4. The third-order valence-corrected chi connectivity index (χ3v) is 27.7. The van der Waals surface area contributed by atoms with E-state index in [0.29, 0.717) is 18.4 Å². The predicted molar refractivity (Wildman–Crippen MR) is 494 cm³/mol. The maximum atomic E-state index is 15.2. The van der Waals surface area contributed by atoms with Gasteiger partial charge in [0.05, 0.1) is 55.8 Å². The molecular formula is C101H157N6O22+. The summed E-state index contributed by atoms with van der Waals surface area (Å²) in [5, 5.41) is 137. The fraction of sp³-hybridized carbons (Fsp3) is 0.723. The highest BCUT2D eigenvalue weighted by molar-refractivity contribution is 6.02. The van der Waals surface area contributed by atoms with Crippen LogP contribution in [0.3, 0.4) is 0 Å². The van der Waals surface area contributed by atoms with Crippen molar-refractivity contribution >= 4 is 46.4 Å². The number of aliphatic hydroxyl groups is 10. The van der Waals surface area contributed by atoms with Crippen LogP contribution >= 0.6 is 0 Å². The second-order valence-electron chi connectivity index (χ2n) is 38.5. The van der Waals surface area contributed by atoms with Crippen LogP contribution in [0, 0.1) is 0 Å². The molecular weight excluding hydrogens is 1650 g/mol. The van der Waals surface area contributed by atoms with Crippen molar-refractivity contribution in [3.05, 3.63) is 116 Å². The van der Waals surface area contributed by atoms with Gasteiger partial charge in [-0.15, -0.1) is 0 Å². The Bertz CT molecular complexity index is 4320. The zero-order chi connectivity index (χ0) is 93.3. The molecule has 28 nitrogen and oxygen atoms in total. The van der Waals surface area contributed by atoms with Crippen LogP contribution in [0.4, 0.5) is 5.69 Å². The highest BCUT2D eigenvalue weighted by atomic mass is 16.8. The molecule has 1 aliphatic carbocycles. The van der Waals surface area contributed by atoms with Crippen LogP contribution in [0.5, 0.6) is 0 Å². The fourth-order valence-electron chi connectivity index (χ4n) is 20.7. The van der Waals surface area contributed by atoms with Crippen molar-refractivity contribution in [1.82, 2.24) is 25.4 Å². The highest BCUT2D eigenvalue weighted by Crippen LogP contribution is 2.49. The van der Waals surface area contributed by atoms with E-state index < -0.39 is 166 Å². The van der Waals surface area contributed by atoms with E-state index in [0.717, 1.165) is 131 Å². The van der Waals surface area contributed by atoms with E-state index in [1.807, 2.05) is 30.3 Å². The van der Waals surface area contributed by atoms with Crippen LogP contribution in [0.15, 0.2) is 60.7 Å². The molecule has 10 rings (SSSR count). The number of aryl methyl sites for hydroxylation is 1. The number of hydrogen-bond donors (Lipinski definition) is 14. The van der Waals surface area contributed by atoms with Crippen LogP contribution in [0.2, 0.25) is 0 Å². The summed E-state index contributed by atoms with van der Waals surface area (Å²) in [7, 11) is 1.68. The number of nitrogens with one attached hydrogen (secondary N) is 3. The summed E-state index contributed by atoms with van der Waals surface area (Å²) in [6.07, 6.45) is 10.6. The van der Waals surface area contributed by atoms with Crippen molar-refractivity contribution in [3.63, 3.8) is 0 Å². The van der Waals surface area contributed by atoms with Crippen molar-refractivity contribution in [3.8, 4) is 0 Å². The molecule has 28 heteroatoms. The van der Waals surface area contributed by atoms with Crippen LogP contribution in [0.1, 0.15) is 324 Å². The van der Waals surface area contributed by atoms with Gasteiger partial charge in [-0.3, -0.25) is 19.2 Å². The molecule has 7 aliphatic rings. The van der Waals surface area contributed by atoms with Gasteiger partial charge in [0.15, 0.2) is 12.6 Å². The minimum absolute atomic E-state index is 0.120. The van der Waals surface area contributed by atoms with Gasteiger partial charge in [-0.25, -0.2) is 9.37 Å². The van der Waals surface area contributed by atoms with Crippen molar-refractivity contribution in [2.45, 2.75) is 408 Å². The van der Waals surface area contributed by atoms with Gasteiger partial charge < -0.3 is 110 Å². The SMILES string of the molecule is CCCCCCCCCCCCC/C=C/[C@@H](O)[C@H](CO[C@@H]1O[C@H](CO)[C@@H](O[C@@H]2O[C@H](CO)[C@H](O)[C@H](O[C@]3(C(=O)O)C[C@H](O)[C@@H](NC(C)=O)[C@H]([C@H](O)[C@H](O)CNC(=O)CCCN(C)C(=O)c4ccccc4C4=c5cc6c7c(c5C(C)(C)c5cc8c(cc54)C(C)=CC(C)(C)N8CC)CCC[N+]=7CCC6)O3)[C@H]2O)[C@H](O)[C@H]1O)NC(=O)CCCCCCCCCCCCCCCCC. The lowest BCUT2D eigenvalue weighted by Gasteiger charge is -2.50. The number of unbranched alkanes of at least 4 members (excludes halogenated alkanes) is 25. The Balaban J connectivity index is 0.760. The Hall–Kier alpha value is -6.68. The largest absolute Gasteiger partial charge is 0.477 e. The maximum Gasteiger partial charge on any atom is 0.364 e. The Morgan fingerprint density at radius 3 is 1.87 bits per heavy atom. The third kappa shape index (κ3) is 26.7. The number of fused-ring (bicyclic) bond motifs is 4. The molecule has 0 aromatic heterocycles. The average molecular weight is 1810 g/mol. The molecule has 0 radical (unpaired) electrons. The van der Waals surface area contributed by atoms with Crippen molar-refractivity contribution < 1.29 is 109 Å². The molecule has 6 aliphatic heterocycles. The first-order valence-corrected chi connectivity index (χ1v) is 49.0. The third-order valence-electron chi connectivity index (χ3n) is 27.7. The number of rotatable bonds is 53. The van der Waals surface area contributed by atoms with E-state index >= 15 is 4.79 Å². The predicted octanol–water partition coefficient (Wildman–Crippen LogP) is 9.13. The van der Waals surface area contributed by atoms with Gasteiger partial charge in [-0.05, 0) is 129 Å². The smallest absolute Gasteiger partial charge is 0.364 e. The van der Waals surface area contributed by atoms with Gasteiger partial charge in [-0.1, -0.05) is 218 Å². The van der Waals surface area contributed by atoms with Crippen LogP contribution < -0.4 is 36.0 Å². The van der Waals surface area contributed by atoms with Gasteiger partial charge in [0.1, 0.15) is 74.1 Å². The zero-order valence-corrected chi connectivity index (χ0v) is 78.7. The number of allylic oxidation sites excluding steroid dienone is 2. The standard InChI is InChI=1S/C101H156N6O22/c1-11-14-16-18-20-22-24-26-27-29-31-33-35-37-39-50-82(115)104-74(76(111)49-38-36-34-32-30-28-25-23-21-19-17-15-12-2)63-124-96-90(119)89(118)92(80(62-109)126-96)127-97-91(120)94(88(117)79(61-108)125-97)129-101(98(122)123)59-77(112)85(103-65(5)110)93(128-101)87(116)78(113)60-102-81(114)51-44-52-105(10)95(121)68-47-41-40-46-67(68)83-71-56-70-64(4)58-99(6,7)107(13-3)75(70)57-73(71)100(8,9)84-69-48-43-54-106-53-42-45-66(86(69)106)55-72(83)84/h38,40-41,46-47,49,55-58,74,76-80,85,87-94,96-97,108-109,111-113,116-120H,11-37,39,42-45,48,50-54,59-63H2,1-10H3,(H3-,102,103,104,110,114,115,122,123)/p+1/b49-38+/t74-,76+,77-,78+,79+,80+,85+,87+,88-,89+,90+,91+,92+,93+,94-,96+,97-,101-/m0/s1. The molecule has 6 heterocycles. The van der Waals surface area contributed by atoms with Gasteiger partial charge >= 0.3 is 5.97 Å². The number of nitrogens with zero attached hydrogens (tertiary/aromatic N) is 3. The molecule has 722 valence electrons. The number of benzene rings is 3. The molecule has 0 spiro atoms. The second kappa shape index (κ2) is 50.1. The lowest BCUT2D eigenvalue weighted by molar-refractivity contribution is -0.386. The number of aliphatic hydroxyl groups excluding tert-OH is 10. The lowest BCUT2D eigenvalue weighted by Crippen LogP contribution is -2.71. The number of likely N-dealkylation sites (N-methyl/N-ethyl adjacent to an activating group) is 1. The molecule has 0 bridgehead atoms. The Morgan fingerprint density at radius 1 is 0.674 bits per heavy atom. The topological polar surface area (TPSA) is 409 Å². The molecule has 0 unspecified atom stereocenters. The minimum Gasteiger partial charge on any atom is -0.477 e. The molecule has 129 heavy (non-hydrogen) atoms. The summed E-state index contributed by atoms with van der Waals surface area (Å²) in [6, 6.07) is 12.1. The van der Waals surface area contributed by atoms with Gasteiger partial charge in [0.25, 0.3) is 11.7 Å². The lowest BCUT2D eigenvalue weighted by atomic mass is 9.65. The summed E-state index contributed by atoms with van der Waals surface area (Å²) < 4.78 is 38.5. The number of anilines is 1. The molecule has 3 aromatic carbocycles. The Kier molecular flexibility index (Phi) is 40.5. The van der Waals surface area contributed by atoms with E-state index in [2.05, 4.69) is 105 Å². The number of ether oxygens (including phenoxy) is 6. The van der Waals surface area contributed by atoms with Gasteiger partial charge in [0, 0.05) is 99.1 Å². The number of carbonyl (C=O) groups is 5. The van der Waals surface area contributed by atoms with Crippen molar-refractivity contribution in [1.29, 1.82) is 0 Å². The molecule has 18 atom stereocenters. The minimum atomic E-state index is -3.19. The number of amides is 4. The van der Waals surface area contributed by atoms with E-state index in [4.69, 9.17) is 28.4 Å². The van der Waals surface area contributed by atoms with Crippen LogP contribution in [0.25, 0.3) is 11.1 Å². The molecule has 4 amide bonds. The van der Waals surface area contributed by atoms with E-state index in [1.165, 1.54) is 148 Å². The molecule has 3 aromatic rings. The molecule has 0 saturated carbocycles. The molecule has 14 N–H and O–H groups in total. The zero-order valence-electron chi connectivity index (χ0n) is 78.7. The van der Waals surface area contributed by atoms with E-state index in [-0.39, 0.29) is 43.2 Å². The number of aliphatic carboxylic acids is 1. The normalized spacial score (nSPS) is 26.1. The summed E-state index contributed by atoms with van der Waals surface area (Å²) in [6.45, 7) is 18.9. The molecule has 3 saturated heterocycles. The monoisotopic (exact) mass is 1810 g/mol. The summed E-state index contributed by atoms with van der Waals surface area (Å²) >= 11 is 0. The van der Waals surface area contributed by atoms with Gasteiger partial charge in [-0.2, -0.15) is 0 Å². The van der Waals surface area contributed by atoms with Crippen molar-refractivity contribution in [2.24, 2.45) is 0 Å². The first-order valence-electron chi connectivity index (χ1n) is 49.0. The summed E-state index contributed by atoms with van der Waals surface area (Å²) in [4.78, 5) is 73.1. The number of carboxylic acid groups (broad SMARTS) is 1. The number of carboxylic acids is 1. The maximum absolute atomic E-state index is 15.2. The fourth-order valence-corrected chi connectivity index (χ4v) is 20.7. The van der Waals surface area contributed by atoms with Crippen LogP contribution in [-0.2, 0) is 65.9 Å². The first kappa shape index (κ1) is 104. The second-order valence-corrected chi connectivity index (χ2v) is 38.5. The Labute approximate surface area is 764 Å². The summed E-state index contributed by atoms with van der Waals surface area (Å²) in [5.74, 6) is -7.20. The molecule has 3 fully saturated rings. The van der Waals surface area contributed by atoms with Crippen molar-refractivity contribution in [2.75, 3.05) is 64.5 Å². The average Bonchev–Trinajstić information content (AvgIpc) is 0.691. The van der Waals surface area contributed by atoms with Crippen LogP contribution in [-0.4, -0.2) is 266 Å². The van der Waals surface area contributed by atoms with E-state index in [1.54, 1.807) is 18.0 Å². The van der Waals surface area contributed by atoms with E-state index in [9.17, 15) is 75.3 Å².